The van der Waals surface area contributed by atoms with Gasteiger partial charge in [0.15, 0.2) is 5.78 Å². The predicted molar refractivity (Wildman–Crippen MR) is 83.5 cm³/mol. The second kappa shape index (κ2) is 7.25. The van der Waals surface area contributed by atoms with Gasteiger partial charge in [0.25, 0.3) is 0 Å². The number of aryl methyl sites for hydroxylation is 1. The largest absolute Gasteiger partial charge is 0.444 e. The Morgan fingerprint density at radius 2 is 1.76 bits per heavy atom. The van der Waals surface area contributed by atoms with Crippen LogP contribution in [0, 0.1) is 12.8 Å². The third kappa shape index (κ3) is 6.43. The van der Waals surface area contributed by atoms with E-state index in [0.29, 0.717) is 18.5 Å². The molecule has 116 valence electrons. The summed E-state index contributed by atoms with van der Waals surface area (Å²) in [4.78, 5) is 23.7. The Morgan fingerprint density at radius 3 is 2.29 bits per heavy atom. The fourth-order valence-electron chi connectivity index (χ4n) is 1.84. The van der Waals surface area contributed by atoms with Crippen molar-refractivity contribution in [2.75, 3.05) is 6.54 Å². The number of Topliss-reactive ketones (excluding diaryl/α,β-unsaturated/α-hetero) is 1. The number of amides is 1. The van der Waals surface area contributed by atoms with Crippen LogP contribution >= 0.6 is 0 Å². The average molecular weight is 291 g/mol. The molecule has 0 aromatic heterocycles. The van der Waals surface area contributed by atoms with Crippen molar-refractivity contribution in [1.82, 2.24) is 5.32 Å². The lowest BCUT2D eigenvalue weighted by Gasteiger charge is -2.20. The smallest absolute Gasteiger partial charge is 0.407 e. The van der Waals surface area contributed by atoms with Gasteiger partial charge in [0, 0.05) is 18.0 Å². The van der Waals surface area contributed by atoms with Gasteiger partial charge in [0.05, 0.1) is 0 Å². The van der Waals surface area contributed by atoms with Crippen LogP contribution in [0.25, 0.3) is 0 Å². The van der Waals surface area contributed by atoms with Crippen molar-refractivity contribution in [3.63, 3.8) is 0 Å². The maximum Gasteiger partial charge on any atom is 0.407 e. The standard InChI is InChI=1S/C17H25NO3/c1-12-6-8-14(9-7-12)15(19)13(2)10-11-18-16(20)21-17(3,4)5/h6-9,13H,10-11H2,1-5H3,(H,18,20)/t13-/m0/s1. The molecule has 4 heteroatoms. The van der Waals surface area contributed by atoms with E-state index in [9.17, 15) is 9.59 Å². The number of hydrogen-bond donors (Lipinski definition) is 1. The molecule has 4 nitrogen and oxygen atoms in total. The molecular weight excluding hydrogens is 266 g/mol. The summed E-state index contributed by atoms with van der Waals surface area (Å²) in [6.07, 6.45) is 0.142. The highest BCUT2D eigenvalue weighted by Gasteiger charge is 2.18. The summed E-state index contributed by atoms with van der Waals surface area (Å²) in [6, 6.07) is 7.54. The van der Waals surface area contributed by atoms with Gasteiger partial charge >= 0.3 is 6.09 Å². The molecule has 21 heavy (non-hydrogen) atoms. The summed E-state index contributed by atoms with van der Waals surface area (Å²) < 4.78 is 5.14. The first kappa shape index (κ1) is 17.2. The molecule has 0 saturated carbocycles. The molecule has 1 aromatic rings. The molecule has 0 aliphatic heterocycles. The van der Waals surface area contributed by atoms with Gasteiger partial charge < -0.3 is 10.1 Å². The van der Waals surface area contributed by atoms with E-state index in [1.54, 1.807) is 0 Å². The molecule has 0 heterocycles. The van der Waals surface area contributed by atoms with E-state index in [0.717, 1.165) is 5.56 Å². The van der Waals surface area contributed by atoms with E-state index in [2.05, 4.69) is 5.32 Å². The lowest BCUT2D eigenvalue weighted by atomic mass is 9.96. The molecule has 0 unspecified atom stereocenters. The normalized spacial score (nSPS) is 12.6. The Balaban J connectivity index is 2.40. The molecular formula is C17H25NO3. The van der Waals surface area contributed by atoms with Crippen molar-refractivity contribution >= 4 is 11.9 Å². The third-order valence-corrected chi connectivity index (χ3v) is 3.03. The number of alkyl carbamates (subject to hydrolysis) is 1. The lowest BCUT2D eigenvalue weighted by molar-refractivity contribution is 0.0523. The summed E-state index contributed by atoms with van der Waals surface area (Å²) in [7, 11) is 0. The Morgan fingerprint density at radius 1 is 1.19 bits per heavy atom. The number of carbonyl (C=O) groups is 2. The fraction of sp³-hybridized carbons (Fsp3) is 0.529. The van der Waals surface area contributed by atoms with Gasteiger partial charge in [-0.25, -0.2) is 4.79 Å². The highest BCUT2D eigenvalue weighted by Crippen LogP contribution is 2.13. The molecule has 0 spiro atoms. The van der Waals surface area contributed by atoms with Crippen LogP contribution in [0.4, 0.5) is 4.79 Å². The third-order valence-electron chi connectivity index (χ3n) is 3.03. The van der Waals surface area contributed by atoms with Gasteiger partial charge in [-0.15, -0.1) is 0 Å². The van der Waals surface area contributed by atoms with Crippen LogP contribution in [0.3, 0.4) is 0 Å². The van der Waals surface area contributed by atoms with Gasteiger partial charge in [0.1, 0.15) is 5.60 Å². The molecule has 0 aliphatic rings. The zero-order valence-electron chi connectivity index (χ0n) is 13.5. The highest BCUT2D eigenvalue weighted by atomic mass is 16.6. The Labute approximate surface area is 126 Å². The zero-order chi connectivity index (χ0) is 16.0. The molecule has 1 rings (SSSR count). The van der Waals surface area contributed by atoms with Crippen molar-refractivity contribution in [2.24, 2.45) is 5.92 Å². The number of hydrogen-bond acceptors (Lipinski definition) is 3. The second-order valence-corrected chi connectivity index (χ2v) is 6.35. The molecule has 0 aliphatic carbocycles. The van der Waals surface area contributed by atoms with Crippen LogP contribution < -0.4 is 5.32 Å². The van der Waals surface area contributed by atoms with E-state index < -0.39 is 11.7 Å². The summed E-state index contributed by atoms with van der Waals surface area (Å²) in [5.74, 6) is -0.0383. The summed E-state index contributed by atoms with van der Waals surface area (Å²) in [5, 5.41) is 2.67. The molecule has 1 atom stereocenters. The van der Waals surface area contributed by atoms with E-state index >= 15 is 0 Å². The van der Waals surface area contributed by atoms with Gasteiger partial charge in [0.2, 0.25) is 0 Å². The summed E-state index contributed by atoms with van der Waals surface area (Å²) in [6.45, 7) is 9.73. The van der Waals surface area contributed by atoms with Crippen molar-refractivity contribution in [3.8, 4) is 0 Å². The van der Waals surface area contributed by atoms with Crippen molar-refractivity contribution in [1.29, 1.82) is 0 Å². The van der Waals surface area contributed by atoms with E-state index in [1.807, 2.05) is 58.9 Å². The SMILES string of the molecule is Cc1ccc(C(=O)[C@@H](C)CCNC(=O)OC(C)(C)C)cc1. The van der Waals surface area contributed by atoms with E-state index in [4.69, 9.17) is 4.74 Å². The predicted octanol–water partition coefficient (Wildman–Crippen LogP) is 3.73. The minimum absolute atomic E-state index is 0.0981. The number of rotatable bonds is 5. The number of ketones is 1. The van der Waals surface area contributed by atoms with Gasteiger partial charge in [-0.3, -0.25) is 4.79 Å². The highest BCUT2D eigenvalue weighted by molar-refractivity contribution is 5.97. The monoisotopic (exact) mass is 291 g/mol. The number of benzene rings is 1. The van der Waals surface area contributed by atoms with Crippen LogP contribution in [0.2, 0.25) is 0 Å². The quantitative estimate of drug-likeness (QED) is 0.841. The molecule has 0 radical (unpaired) electrons. The molecule has 0 fully saturated rings. The Bertz CT molecular complexity index is 486. The first-order chi connectivity index (χ1) is 9.69. The molecule has 0 saturated heterocycles. The molecule has 0 bridgehead atoms. The van der Waals surface area contributed by atoms with Crippen molar-refractivity contribution in [3.05, 3.63) is 35.4 Å². The molecule has 1 aromatic carbocycles. The van der Waals surface area contributed by atoms with Gasteiger partial charge in [-0.05, 0) is 34.1 Å². The van der Waals surface area contributed by atoms with Crippen molar-refractivity contribution in [2.45, 2.75) is 46.6 Å². The van der Waals surface area contributed by atoms with E-state index in [1.165, 1.54) is 0 Å². The van der Waals surface area contributed by atoms with Crippen LogP contribution in [-0.4, -0.2) is 24.0 Å². The Hall–Kier alpha value is -1.84. The molecule has 1 N–H and O–H groups in total. The average Bonchev–Trinajstić information content (AvgIpc) is 2.36. The minimum atomic E-state index is -0.507. The van der Waals surface area contributed by atoms with Crippen LogP contribution in [0.15, 0.2) is 24.3 Å². The Kier molecular flexibility index (Phi) is 5.94. The fourth-order valence-corrected chi connectivity index (χ4v) is 1.84. The maximum atomic E-state index is 12.2. The first-order valence-electron chi connectivity index (χ1n) is 7.27. The number of carbonyl (C=O) groups excluding carboxylic acids is 2. The van der Waals surface area contributed by atoms with Crippen LogP contribution in [-0.2, 0) is 4.74 Å². The zero-order valence-corrected chi connectivity index (χ0v) is 13.5. The topological polar surface area (TPSA) is 55.4 Å². The summed E-state index contributed by atoms with van der Waals surface area (Å²) >= 11 is 0. The van der Waals surface area contributed by atoms with Crippen LogP contribution in [0.1, 0.15) is 50.0 Å². The maximum absolute atomic E-state index is 12.2. The van der Waals surface area contributed by atoms with Gasteiger partial charge in [-0.2, -0.15) is 0 Å². The van der Waals surface area contributed by atoms with Crippen molar-refractivity contribution < 1.29 is 14.3 Å². The lowest BCUT2D eigenvalue weighted by Crippen LogP contribution is -2.33. The number of ether oxygens (including phenoxy) is 1. The summed E-state index contributed by atoms with van der Waals surface area (Å²) in [5.41, 5.74) is 1.34. The number of nitrogens with one attached hydrogen (secondary N) is 1. The van der Waals surface area contributed by atoms with Crippen LogP contribution in [0.5, 0.6) is 0 Å². The second-order valence-electron chi connectivity index (χ2n) is 6.35. The van der Waals surface area contributed by atoms with Gasteiger partial charge in [-0.1, -0.05) is 36.8 Å². The molecule has 1 amide bonds. The van der Waals surface area contributed by atoms with E-state index in [-0.39, 0.29) is 11.7 Å². The minimum Gasteiger partial charge on any atom is -0.444 e. The first-order valence-corrected chi connectivity index (χ1v) is 7.27.